The second-order valence-corrected chi connectivity index (χ2v) is 7.18. The van der Waals surface area contributed by atoms with Crippen LogP contribution in [0.5, 0.6) is 0 Å². The lowest BCUT2D eigenvalue weighted by Gasteiger charge is -2.28. The van der Waals surface area contributed by atoms with E-state index in [2.05, 4.69) is 11.4 Å². The zero-order valence-corrected chi connectivity index (χ0v) is 15.0. The second kappa shape index (κ2) is 8.02. The fourth-order valence-corrected chi connectivity index (χ4v) is 2.77. The molecule has 1 unspecified atom stereocenters. The van der Waals surface area contributed by atoms with Gasteiger partial charge in [0.15, 0.2) is 0 Å². The Labute approximate surface area is 148 Å². The van der Waals surface area contributed by atoms with E-state index in [0.29, 0.717) is 31.5 Å². The smallest absolute Gasteiger partial charge is 0.410 e. The first-order chi connectivity index (χ1) is 11.8. The number of nitrogens with one attached hydrogen (secondary N) is 1. The van der Waals surface area contributed by atoms with Gasteiger partial charge in [-0.15, -0.1) is 0 Å². The van der Waals surface area contributed by atoms with Crippen LogP contribution in [0.2, 0.25) is 0 Å². The number of hydrogen-bond acceptors (Lipinski definition) is 4. The van der Waals surface area contributed by atoms with E-state index in [1.54, 1.807) is 12.1 Å². The largest absolute Gasteiger partial charge is 0.444 e. The maximum atomic E-state index is 12.4. The number of amides is 2. The molecule has 134 valence electrons. The van der Waals surface area contributed by atoms with Gasteiger partial charge in [0.1, 0.15) is 11.6 Å². The SMILES string of the molecule is CC(C)(C)OC(=O)N1CCCC1C(=O)NCCc1ccc(C#N)cc1. The molecular formula is C19H25N3O3. The third-order valence-corrected chi connectivity index (χ3v) is 3.98. The minimum absolute atomic E-state index is 0.142. The van der Waals surface area contributed by atoms with Crippen molar-refractivity contribution in [2.75, 3.05) is 13.1 Å². The fraction of sp³-hybridized carbons (Fsp3) is 0.526. The predicted octanol–water partition coefficient (Wildman–Crippen LogP) is 2.62. The summed E-state index contributed by atoms with van der Waals surface area (Å²) in [5.74, 6) is -0.142. The Morgan fingerprint density at radius 1 is 1.32 bits per heavy atom. The van der Waals surface area contributed by atoms with Gasteiger partial charge in [-0.05, 0) is 57.7 Å². The number of benzene rings is 1. The van der Waals surface area contributed by atoms with Crippen LogP contribution in [-0.2, 0) is 16.0 Å². The topological polar surface area (TPSA) is 82.4 Å². The number of likely N-dealkylation sites (tertiary alicyclic amines) is 1. The molecule has 0 aromatic heterocycles. The van der Waals surface area contributed by atoms with Crippen LogP contribution in [0.4, 0.5) is 4.79 Å². The Bertz CT molecular complexity index is 656. The first-order valence-corrected chi connectivity index (χ1v) is 8.56. The number of rotatable bonds is 4. The maximum absolute atomic E-state index is 12.4. The summed E-state index contributed by atoms with van der Waals surface area (Å²) in [5.41, 5.74) is 1.09. The molecule has 0 aliphatic carbocycles. The van der Waals surface area contributed by atoms with Gasteiger partial charge in [0.05, 0.1) is 11.6 Å². The molecule has 1 aromatic rings. The first-order valence-electron chi connectivity index (χ1n) is 8.56. The Hall–Kier alpha value is -2.55. The summed E-state index contributed by atoms with van der Waals surface area (Å²) >= 11 is 0. The molecule has 1 fully saturated rings. The number of carbonyl (C=O) groups is 2. The Balaban J connectivity index is 1.84. The molecule has 6 nitrogen and oxygen atoms in total. The van der Waals surface area contributed by atoms with E-state index < -0.39 is 17.7 Å². The monoisotopic (exact) mass is 343 g/mol. The summed E-state index contributed by atoms with van der Waals surface area (Å²) in [4.78, 5) is 26.2. The molecule has 1 aliphatic heterocycles. The standard InChI is InChI=1S/C19H25N3O3/c1-19(2,3)25-18(24)22-12-4-5-16(22)17(23)21-11-10-14-6-8-15(13-20)9-7-14/h6-9,16H,4-5,10-12H2,1-3H3,(H,21,23). The molecule has 1 aromatic carbocycles. The predicted molar refractivity (Wildman–Crippen MR) is 93.8 cm³/mol. The molecule has 1 aliphatic rings. The van der Waals surface area contributed by atoms with Gasteiger partial charge >= 0.3 is 6.09 Å². The lowest BCUT2D eigenvalue weighted by atomic mass is 10.1. The molecule has 1 saturated heterocycles. The zero-order chi connectivity index (χ0) is 18.4. The lowest BCUT2D eigenvalue weighted by Crippen LogP contribution is -2.47. The van der Waals surface area contributed by atoms with Crippen LogP contribution in [0, 0.1) is 11.3 Å². The number of nitriles is 1. The highest BCUT2D eigenvalue weighted by atomic mass is 16.6. The van der Waals surface area contributed by atoms with Crippen molar-refractivity contribution in [1.29, 1.82) is 5.26 Å². The molecule has 2 rings (SSSR count). The number of nitrogens with zero attached hydrogens (tertiary/aromatic N) is 2. The average molecular weight is 343 g/mol. The minimum atomic E-state index is -0.573. The van der Waals surface area contributed by atoms with Crippen LogP contribution in [0.15, 0.2) is 24.3 Å². The van der Waals surface area contributed by atoms with E-state index in [-0.39, 0.29) is 5.91 Å². The molecule has 1 N–H and O–H groups in total. The summed E-state index contributed by atoms with van der Waals surface area (Å²) in [6.07, 6.45) is 1.70. The van der Waals surface area contributed by atoms with Crippen molar-refractivity contribution >= 4 is 12.0 Å². The summed E-state index contributed by atoms with van der Waals surface area (Å²) in [6.45, 7) is 6.47. The van der Waals surface area contributed by atoms with Crippen LogP contribution in [0.25, 0.3) is 0 Å². The molecule has 0 spiro atoms. The van der Waals surface area contributed by atoms with E-state index in [1.807, 2.05) is 32.9 Å². The molecular weight excluding hydrogens is 318 g/mol. The van der Waals surface area contributed by atoms with E-state index in [0.717, 1.165) is 12.0 Å². The van der Waals surface area contributed by atoms with Gasteiger partial charge in [0, 0.05) is 13.1 Å². The van der Waals surface area contributed by atoms with Gasteiger partial charge in [-0.1, -0.05) is 12.1 Å². The van der Waals surface area contributed by atoms with Crippen molar-refractivity contribution in [2.24, 2.45) is 0 Å². The number of ether oxygens (including phenoxy) is 1. The summed E-state index contributed by atoms with van der Waals surface area (Å²) in [7, 11) is 0. The van der Waals surface area contributed by atoms with Crippen molar-refractivity contribution in [3.63, 3.8) is 0 Å². The summed E-state index contributed by atoms with van der Waals surface area (Å²) in [6, 6.07) is 8.90. The van der Waals surface area contributed by atoms with E-state index in [1.165, 1.54) is 4.90 Å². The molecule has 2 amide bonds. The van der Waals surface area contributed by atoms with Crippen LogP contribution in [-0.4, -0.2) is 41.6 Å². The highest BCUT2D eigenvalue weighted by Gasteiger charge is 2.36. The molecule has 6 heteroatoms. The molecule has 1 heterocycles. The molecule has 0 radical (unpaired) electrons. The number of hydrogen-bond donors (Lipinski definition) is 1. The lowest BCUT2D eigenvalue weighted by molar-refractivity contribution is -0.125. The van der Waals surface area contributed by atoms with Gasteiger partial charge < -0.3 is 10.1 Å². The Morgan fingerprint density at radius 3 is 2.60 bits per heavy atom. The summed E-state index contributed by atoms with van der Waals surface area (Å²) in [5, 5.41) is 11.7. The van der Waals surface area contributed by atoms with E-state index in [9.17, 15) is 9.59 Å². The van der Waals surface area contributed by atoms with Gasteiger partial charge in [-0.2, -0.15) is 5.26 Å². The first kappa shape index (κ1) is 18.8. The molecule has 0 bridgehead atoms. The van der Waals surface area contributed by atoms with Gasteiger partial charge in [0.2, 0.25) is 5.91 Å². The quantitative estimate of drug-likeness (QED) is 0.911. The van der Waals surface area contributed by atoms with Gasteiger partial charge in [-0.25, -0.2) is 4.79 Å². The van der Waals surface area contributed by atoms with E-state index in [4.69, 9.17) is 10.00 Å². The normalized spacial score (nSPS) is 17.0. The highest BCUT2D eigenvalue weighted by molar-refractivity contribution is 5.86. The second-order valence-electron chi connectivity index (χ2n) is 7.18. The highest BCUT2D eigenvalue weighted by Crippen LogP contribution is 2.21. The van der Waals surface area contributed by atoms with Crippen molar-refractivity contribution < 1.29 is 14.3 Å². The zero-order valence-electron chi connectivity index (χ0n) is 15.0. The number of carbonyl (C=O) groups excluding carboxylic acids is 2. The maximum Gasteiger partial charge on any atom is 0.410 e. The van der Waals surface area contributed by atoms with Crippen molar-refractivity contribution in [2.45, 2.75) is 51.7 Å². The summed E-state index contributed by atoms with van der Waals surface area (Å²) < 4.78 is 5.38. The van der Waals surface area contributed by atoms with Crippen LogP contribution >= 0.6 is 0 Å². The van der Waals surface area contributed by atoms with Gasteiger partial charge in [0.25, 0.3) is 0 Å². The van der Waals surface area contributed by atoms with Crippen molar-refractivity contribution in [3.05, 3.63) is 35.4 Å². The Morgan fingerprint density at radius 2 is 2.00 bits per heavy atom. The van der Waals surface area contributed by atoms with Gasteiger partial charge in [-0.3, -0.25) is 9.69 Å². The minimum Gasteiger partial charge on any atom is -0.444 e. The molecule has 0 saturated carbocycles. The van der Waals surface area contributed by atoms with Crippen LogP contribution < -0.4 is 5.32 Å². The molecule has 1 atom stereocenters. The van der Waals surface area contributed by atoms with Crippen molar-refractivity contribution in [3.8, 4) is 6.07 Å². The Kier molecular flexibility index (Phi) is 6.02. The fourth-order valence-electron chi connectivity index (χ4n) is 2.77. The van der Waals surface area contributed by atoms with E-state index >= 15 is 0 Å². The average Bonchev–Trinajstić information content (AvgIpc) is 3.03. The molecule has 25 heavy (non-hydrogen) atoms. The van der Waals surface area contributed by atoms with Crippen LogP contribution in [0.3, 0.4) is 0 Å². The van der Waals surface area contributed by atoms with Crippen LogP contribution in [0.1, 0.15) is 44.7 Å². The third-order valence-electron chi connectivity index (χ3n) is 3.98. The third kappa shape index (κ3) is 5.49. The van der Waals surface area contributed by atoms with Crippen molar-refractivity contribution in [1.82, 2.24) is 10.2 Å².